The number of hydrogen-bond donors (Lipinski definition) is 2. The molecule has 1 atom stereocenters. The minimum atomic E-state index is -4.79. The van der Waals surface area contributed by atoms with Crippen LogP contribution in [0.1, 0.15) is 0 Å². The summed E-state index contributed by atoms with van der Waals surface area (Å²) in [6.45, 7) is 0. The van der Waals surface area contributed by atoms with Crippen molar-refractivity contribution in [1.29, 1.82) is 0 Å². The van der Waals surface area contributed by atoms with Gasteiger partial charge in [0, 0.05) is 0 Å². The highest BCUT2D eigenvalue weighted by molar-refractivity contribution is 7.71. The maximum absolute atomic E-state index is 10.9. The first-order chi connectivity index (χ1) is 7.42. The highest BCUT2D eigenvalue weighted by atomic mass is 31.2. The zero-order valence-corrected chi connectivity index (χ0v) is 8.79. The van der Waals surface area contributed by atoms with Gasteiger partial charge in [0.25, 0.3) is 0 Å². The van der Waals surface area contributed by atoms with Crippen LogP contribution in [0.2, 0.25) is 0 Å². The van der Waals surface area contributed by atoms with Gasteiger partial charge in [0.2, 0.25) is 0 Å². The lowest BCUT2D eigenvalue weighted by Crippen LogP contribution is -2.16. The highest BCUT2D eigenvalue weighted by Crippen LogP contribution is 2.41. The zero-order valence-electron chi connectivity index (χ0n) is 7.90. The lowest BCUT2D eigenvalue weighted by atomic mass is 10.3. The van der Waals surface area contributed by atoms with Crippen molar-refractivity contribution < 1.29 is 28.3 Å². The first-order valence-electron chi connectivity index (χ1n) is 4.01. The predicted octanol–water partition coefficient (Wildman–Crippen LogP) is 1.47. The van der Waals surface area contributed by atoms with E-state index in [1.54, 1.807) is 18.2 Å². The van der Waals surface area contributed by atoms with Crippen LogP contribution in [-0.2, 0) is 9.09 Å². The van der Waals surface area contributed by atoms with Gasteiger partial charge in [-0.3, -0.25) is 4.79 Å². The van der Waals surface area contributed by atoms with Crippen LogP contribution >= 0.6 is 7.60 Å². The molecule has 0 aliphatic heterocycles. The van der Waals surface area contributed by atoms with Crippen LogP contribution in [0.5, 0.6) is 5.75 Å². The monoisotopic (exact) mass is 245 g/mol. The number of carbonyl (C=O) groups is 2. The van der Waals surface area contributed by atoms with E-state index in [9.17, 15) is 14.2 Å². The maximum Gasteiger partial charge on any atom is 0.520 e. The van der Waals surface area contributed by atoms with Gasteiger partial charge in [0.15, 0.2) is 0 Å². The molecule has 1 amide bonds. The molecule has 0 saturated carbocycles. The molecule has 0 saturated heterocycles. The largest absolute Gasteiger partial charge is 0.520 e. The van der Waals surface area contributed by atoms with Gasteiger partial charge in [0.1, 0.15) is 5.75 Å². The molecule has 7 nitrogen and oxygen atoms in total. The predicted molar refractivity (Wildman–Crippen MR) is 53.0 cm³/mol. The lowest BCUT2D eigenvalue weighted by molar-refractivity contribution is 0.146. The van der Waals surface area contributed by atoms with E-state index < -0.39 is 19.4 Å². The Morgan fingerprint density at radius 3 is 2.31 bits per heavy atom. The first-order valence-corrected chi connectivity index (χ1v) is 5.59. The smallest absolute Gasteiger partial charge is 0.395 e. The molecule has 1 unspecified atom stereocenters. The third-order valence-corrected chi connectivity index (χ3v) is 2.37. The molecule has 3 N–H and O–H groups in total. The fourth-order valence-corrected chi connectivity index (χ4v) is 1.08. The third-order valence-electron chi connectivity index (χ3n) is 1.42. The molecule has 1 aromatic carbocycles. The van der Waals surface area contributed by atoms with Crippen molar-refractivity contribution >= 4 is 19.4 Å². The Hall–Kier alpha value is -1.85. The molecule has 0 fully saturated rings. The van der Waals surface area contributed by atoms with Crippen molar-refractivity contribution in [3.05, 3.63) is 30.3 Å². The molecular weight excluding hydrogens is 237 g/mol. The molecule has 0 aliphatic carbocycles. The van der Waals surface area contributed by atoms with Crippen LogP contribution in [0.15, 0.2) is 30.3 Å². The number of ether oxygens (including phenoxy) is 1. The summed E-state index contributed by atoms with van der Waals surface area (Å²) in [6, 6.07) is 7.69. The van der Waals surface area contributed by atoms with E-state index >= 15 is 0 Å². The second-order valence-electron chi connectivity index (χ2n) is 2.62. The lowest BCUT2D eigenvalue weighted by Gasteiger charge is -2.07. The van der Waals surface area contributed by atoms with Gasteiger partial charge >= 0.3 is 19.4 Å². The zero-order chi connectivity index (χ0) is 12.2. The molecule has 16 heavy (non-hydrogen) atoms. The number of amides is 1. The second-order valence-corrected chi connectivity index (χ2v) is 4.28. The van der Waals surface area contributed by atoms with E-state index in [2.05, 4.69) is 15.0 Å². The number of primary amides is 1. The molecular formula is C8H8NO6P. The minimum Gasteiger partial charge on any atom is -0.395 e. The topological polar surface area (TPSA) is 116 Å². The molecule has 0 spiro atoms. The van der Waals surface area contributed by atoms with Crippen LogP contribution in [-0.4, -0.2) is 16.7 Å². The highest BCUT2D eigenvalue weighted by Gasteiger charge is 2.32. The van der Waals surface area contributed by atoms with Gasteiger partial charge < -0.3 is 19.9 Å². The van der Waals surface area contributed by atoms with Crippen molar-refractivity contribution in [3.63, 3.8) is 0 Å². The van der Waals surface area contributed by atoms with Crippen molar-refractivity contribution in [3.8, 4) is 5.75 Å². The van der Waals surface area contributed by atoms with E-state index in [0.717, 1.165) is 0 Å². The van der Waals surface area contributed by atoms with Crippen molar-refractivity contribution in [1.82, 2.24) is 0 Å². The summed E-state index contributed by atoms with van der Waals surface area (Å²) in [7, 11) is -4.79. The van der Waals surface area contributed by atoms with E-state index in [1.807, 2.05) is 0 Å². The molecule has 0 bridgehead atoms. The summed E-state index contributed by atoms with van der Waals surface area (Å²) in [5.74, 6) is 0.108. The summed E-state index contributed by atoms with van der Waals surface area (Å²) in [5, 5.41) is 0. The van der Waals surface area contributed by atoms with Gasteiger partial charge in [-0.2, -0.15) is 0 Å². The number of nitrogens with two attached hydrogens (primary N) is 1. The Kier molecular flexibility index (Phi) is 3.65. The van der Waals surface area contributed by atoms with Gasteiger partial charge in [-0.15, -0.1) is 0 Å². The second kappa shape index (κ2) is 4.78. The average Bonchev–Trinajstić information content (AvgIpc) is 2.17. The third kappa shape index (κ3) is 3.38. The molecule has 0 aromatic heterocycles. The fraction of sp³-hybridized carbons (Fsp3) is 0. The normalized spacial score (nSPS) is 13.6. The first kappa shape index (κ1) is 12.2. The van der Waals surface area contributed by atoms with Crippen LogP contribution in [0.4, 0.5) is 9.59 Å². The Balaban J connectivity index is 2.62. The molecule has 1 rings (SSSR count). The van der Waals surface area contributed by atoms with Gasteiger partial charge in [0.05, 0.1) is 0 Å². The van der Waals surface area contributed by atoms with Crippen molar-refractivity contribution in [2.24, 2.45) is 5.73 Å². The molecule has 0 aliphatic rings. The Morgan fingerprint density at radius 1 is 1.25 bits per heavy atom. The number of benzene rings is 1. The molecule has 0 radical (unpaired) electrons. The fourth-order valence-electron chi connectivity index (χ4n) is 0.749. The van der Waals surface area contributed by atoms with E-state index in [-0.39, 0.29) is 5.75 Å². The van der Waals surface area contributed by atoms with Gasteiger partial charge in [-0.25, -0.2) is 9.36 Å². The number of para-hydroxylation sites is 1. The molecule has 8 heteroatoms. The van der Waals surface area contributed by atoms with Crippen LogP contribution in [0, 0.1) is 0 Å². The molecule has 1 aromatic rings. The van der Waals surface area contributed by atoms with Gasteiger partial charge in [-0.05, 0) is 12.1 Å². The summed E-state index contributed by atoms with van der Waals surface area (Å²) in [6.07, 6.45) is -1.48. The van der Waals surface area contributed by atoms with Gasteiger partial charge in [-0.1, -0.05) is 18.2 Å². The number of carbonyl (C=O) groups excluding carboxylic acids is 2. The Labute approximate surface area is 90.3 Å². The molecule has 0 heterocycles. The number of rotatable bonds is 3. The summed E-state index contributed by atoms with van der Waals surface area (Å²) >= 11 is 0. The van der Waals surface area contributed by atoms with E-state index in [1.165, 1.54) is 12.1 Å². The van der Waals surface area contributed by atoms with Crippen LogP contribution in [0.3, 0.4) is 0 Å². The van der Waals surface area contributed by atoms with Crippen LogP contribution < -0.4 is 10.5 Å². The average molecular weight is 245 g/mol. The van der Waals surface area contributed by atoms with Crippen LogP contribution in [0.25, 0.3) is 0 Å². The molecule has 86 valence electrons. The van der Waals surface area contributed by atoms with Crippen molar-refractivity contribution in [2.75, 3.05) is 0 Å². The Morgan fingerprint density at radius 2 is 1.81 bits per heavy atom. The standard InChI is InChI=1S/C8H8NO6P/c9-7(10)16(12,13)15-8(11)14-6-4-2-1-3-5-6/h1-5H,(H2,9,10)(H,12,13). The number of hydrogen-bond acceptors (Lipinski definition) is 5. The van der Waals surface area contributed by atoms with E-state index in [0.29, 0.717) is 0 Å². The van der Waals surface area contributed by atoms with Crippen molar-refractivity contribution in [2.45, 2.75) is 0 Å². The maximum atomic E-state index is 10.9. The minimum absolute atomic E-state index is 0.108. The SMILES string of the molecule is NC(=O)P(=O)(O)OC(=O)Oc1ccccc1. The van der Waals surface area contributed by atoms with E-state index in [4.69, 9.17) is 4.89 Å². The summed E-state index contributed by atoms with van der Waals surface area (Å²) in [5.41, 5.74) is 2.90. The quantitative estimate of drug-likeness (QED) is 0.473. The summed E-state index contributed by atoms with van der Waals surface area (Å²) in [4.78, 5) is 30.1. The Bertz CT molecular complexity index is 445. The summed E-state index contributed by atoms with van der Waals surface area (Å²) < 4.78 is 19.3.